The summed E-state index contributed by atoms with van der Waals surface area (Å²) in [5.74, 6) is 0.305. The molecule has 0 aromatic carbocycles. The zero-order valence-corrected chi connectivity index (χ0v) is 8.93. The number of likely N-dealkylation sites (N-methyl/N-ethyl adjacent to an activating group) is 1. The molecule has 0 bridgehead atoms. The van der Waals surface area contributed by atoms with E-state index in [1.165, 1.54) is 4.88 Å². The van der Waals surface area contributed by atoms with Crippen LogP contribution in [0.5, 0.6) is 0 Å². The average molecular weight is 197 g/mol. The van der Waals surface area contributed by atoms with Gasteiger partial charge in [0.2, 0.25) is 0 Å². The van der Waals surface area contributed by atoms with Gasteiger partial charge in [0.25, 0.3) is 0 Å². The van der Waals surface area contributed by atoms with Crippen LogP contribution in [0.3, 0.4) is 0 Å². The van der Waals surface area contributed by atoms with Crippen LogP contribution >= 0.6 is 11.3 Å². The van der Waals surface area contributed by atoms with Crippen molar-refractivity contribution in [3.8, 4) is 0 Å². The third-order valence-corrected chi connectivity index (χ3v) is 2.71. The Bertz CT molecular complexity index is 256. The Morgan fingerprint density at radius 2 is 2.38 bits per heavy atom. The van der Waals surface area contributed by atoms with Gasteiger partial charge >= 0.3 is 0 Å². The first-order valence-electron chi connectivity index (χ1n) is 4.45. The van der Waals surface area contributed by atoms with E-state index in [0.29, 0.717) is 18.7 Å². The molecule has 0 unspecified atom stereocenters. The van der Waals surface area contributed by atoms with E-state index in [-0.39, 0.29) is 0 Å². The Kier molecular flexibility index (Phi) is 4.12. The van der Waals surface area contributed by atoms with Crippen LogP contribution in [0.4, 0.5) is 0 Å². The maximum atomic E-state index is 11.1. The highest BCUT2D eigenvalue weighted by atomic mass is 32.1. The second-order valence-electron chi connectivity index (χ2n) is 3.14. The monoisotopic (exact) mass is 197 g/mol. The van der Waals surface area contributed by atoms with Crippen molar-refractivity contribution in [2.45, 2.75) is 19.9 Å². The van der Waals surface area contributed by atoms with Crippen LogP contribution < -0.4 is 0 Å². The number of carbonyl (C=O) groups excluding carboxylic acids is 1. The first kappa shape index (κ1) is 10.4. The largest absolute Gasteiger partial charge is 0.298 e. The summed E-state index contributed by atoms with van der Waals surface area (Å²) < 4.78 is 0. The molecule has 2 nitrogen and oxygen atoms in total. The van der Waals surface area contributed by atoms with Gasteiger partial charge in [0.15, 0.2) is 0 Å². The smallest absolute Gasteiger partial charge is 0.146 e. The minimum absolute atomic E-state index is 0.305. The van der Waals surface area contributed by atoms with Crippen molar-refractivity contribution in [3.05, 3.63) is 22.4 Å². The van der Waals surface area contributed by atoms with E-state index >= 15 is 0 Å². The molecule has 13 heavy (non-hydrogen) atoms. The van der Waals surface area contributed by atoms with Gasteiger partial charge in [-0.25, -0.2) is 0 Å². The second-order valence-corrected chi connectivity index (χ2v) is 4.18. The number of carbonyl (C=O) groups is 1. The zero-order chi connectivity index (χ0) is 9.68. The number of hydrogen-bond donors (Lipinski definition) is 0. The van der Waals surface area contributed by atoms with Crippen molar-refractivity contribution in [1.82, 2.24) is 4.90 Å². The van der Waals surface area contributed by atoms with Crippen LogP contribution in [0, 0.1) is 0 Å². The quantitative estimate of drug-likeness (QED) is 0.721. The molecule has 0 saturated heterocycles. The molecule has 0 amide bonds. The minimum atomic E-state index is 0.305. The summed E-state index contributed by atoms with van der Waals surface area (Å²) in [5, 5.41) is 2.06. The number of hydrogen-bond acceptors (Lipinski definition) is 3. The van der Waals surface area contributed by atoms with Crippen molar-refractivity contribution in [2.75, 3.05) is 13.6 Å². The summed E-state index contributed by atoms with van der Waals surface area (Å²) in [6, 6.07) is 4.13. The highest BCUT2D eigenvalue weighted by molar-refractivity contribution is 7.09. The SMILES string of the molecule is CCC(=O)CN(C)Cc1cccs1. The number of thiophene rings is 1. The molecule has 1 rings (SSSR count). The van der Waals surface area contributed by atoms with Crippen molar-refractivity contribution in [3.63, 3.8) is 0 Å². The van der Waals surface area contributed by atoms with Gasteiger partial charge in [0.1, 0.15) is 5.78 Å². The normalized spacial score (nSPS) is 10.7. The fourth-order valence-corrected chi connectivity index (χ4v) is 1.92. The number of ketones is 1. The Morgan fingerprint density at radius 3 is 2.92 bits per heavy atom. The number of rotatable bonds is 5. The van der Waals surface area contributed by atoms with Gasteiger partial charge in [0, 0.05) is 17.8 Å². The first-order chi connectivity index (χ1) is 6.22. The lowest BCUT2D eigenvalue weighted by atomic mass is 10.3. The summed E-state index contributed by atoms with van der Waals surface area (Å²) in [6.45, 7) is 3.35. The molecule has 1 aromatic rings. The molecule has 0 aliphatic heterocycles. The highest BCUT2D eigenvalue weighted by Crippen LogP contribution is 2.10. The van der Waals surface area contributed by atoms with Crippen molar-refractivity contribution < 1.29 is 4.79 Å². The molecule has 0 aliphatic rings. The maximum absolute atomic E-state index is 11.1. The van der Waals surface area contributed by atoms with Crippen LogP contribution in [0.25, 0.3) is 0 Å². The van der Waals surface area contributed by atoms with Gasteiger partial charge in [-0.2, -0.15) is 0 Å². The van der Waals surface area contributed by atoms with E-state index in [1.54, 1.807) is 11.3 Å². The van der Waals surface area contributed by atoms with Crippen molar-refractivity contribution in [1.29, 1.82) is 0 Å². The van der Waals surface area contributed by atoms with Gasteiger partial charge < -0.3 is 0 Å². The van der Waals surface area contributed by atoms with Crippen LogP contribution in [0.2, 0.25) is 0 Å². The van der Waals surface area contributed by atoms with E-state index in [9.17, 15) is 4.79 Å². The van der Waals surface area contributed by atoms with Crippen molar-refractivity contribution >= 4 is 17.1 Å². The van der Waals surface area contributed by atoms with Crippen molar-refractivity contribution in [2.24, 2.45) is 0 Å². The van der Waals surface area contributed by atoms with E-state index in [2.05, 4.69) is 16.3 Å². The third-order valence-electron chi connectivity index (χ3n) is 1.85. The summed E-state index contributed by atoms with van der Waals surface area (Å²) in [4.78, 5) is 14.5. The average Bonchev–Trinajstić information content (AvgIpc) is 2.56. The zero-order valence-electron chi connectivity index (χ0n) is 8.12. The fraction of sp³-hybridized carbons (Fsp3) is 0.500. The molecule has 0 aliphatic carbocycles. The molecule has 0 atom stereocenters. The summed E-state index contributed by atoms with van der Waals surface area (Å²) in [7, 11) is 1.98. The lowest BCUT2D eigenvalue weighted by molar-refractivity contribution is -0.119. The fourth-order valence-electron chi connectivity index (χ4n) is 1.14. The topological polar surface area (TPSA) is 20.3 Å². The minimum Gasteiger partial charge on any atom is -0.298 e. The van der Waals surface area contributed by atoms with Gasteiger partial charge in [-0.1, -0.05) is 13.0 Å². The molecule has 1 aromatic heterocycles. The van der Waals surface area contributed by atoms with E-state index < -0.39 is 0 Å². The molecular formula is C10H15NOS. The van der Waals surface area contributed by atoms with Crippen LogP contribution in [-0.4, -0.2) is 24.3 Å². The number of Topliss-reactive ketones (excluding diaryl/α,β-unsaturated/α-hetero) is 1. The molecule has 0 saturated carbocycles. The second kappa shape index (κ2) is 5.14. The molecule has 1 heterocycles. The van der Waals surface area contributed by atoms with Gasteiger partial charge in [0.05, 0.1) is 6.54 Å². The third kappa shape index (κ3) is 3.70. The van der Waals surface area contributed by atoms with Crippen LogP contribution in [-0.2, 0) is 11.3 Å². The molecule has 0 radical (unpaired) electrons. The summed E-state index contributed by atoms with van der Waals surface area (Å²) >= 11 is 1.73. The molecule has 0 N–H and O–H groups in total. The summed E-state index contributed by atoms with van der Waals surface area (Å²) in [5.41, 5.74) is 0. The standard InChI is InChI=1S/C10H15NOS/c1-3-9(12)7-11(2)8-10-5-4-6-13-10/h4-6H,3,7-8H2,1-2H3. The Morgan fingerprint density at radius 1 is 1.62 bits per heavy atom. The van der Waals surface area contributed by atoms with Gasteiger partial charge in [-0.15, -0.1) is 11.3 Å². The summed E-state index contributed by atoms with van der Waals surface area (Å²) in [6.07, 6.45) is 0.634. The highest BCUT2D eigenvalue weighted by Gasteiger charge is 2.05. The first-order valence-corrected chi connectivity index (χ1v) is 5.33. The van der Waals surface area contributed by atoms with E-state index in [4.69, 9.17) is 0 Å². The van der Waals surface area contributed by atoms with Crippen LogP contribution in [0.1, 0.15) is 18.2 Å². The van der Waals surface area contributed by atoms with Crippen LogP contribution in [0.15, 0.2) is 17.5 Å². The molecule has 72 valence electrons. The molecule has 0 fully saturated rings. The molecule has 0 spiro atoms. The lowest BCUT2D eigenvalue weighted by Crippen LogP contribution is -2.24. The maximum Gasteiger partial charge on any atom is 0.146 e. The Labute approximate surface area is 83.2 Å². The van der Waals surface area contributed by atoms with Gasteiger partial charge in [-0.05, 0) is 18.5 Å². The van der Waals surface area contributed by atoms with Gasteiger partial charge in [-0.3, -0.25) is 9.69 Å². The lowest BCUT2D eigenvalue weighted by Gasteiger charge is -2.13. The predicted octanol–water partition coefficient (Wildman–Crippen LogP) is 2.16. The number of nitrogens with zero attached hydrogens (tertiary/aromatic N) is 1. The predicted molar refractivity (Wildman–Crippen MR) is 56.0 cm³/mol. The Balaban J connectivity index is 2.33. The van der Waals surface area contributed by atoms with E-state index in [0.717, 1.165) is 6.54 Å². The molecule has 3 heteroatoms. The Hall–Kier alpha value is -0.670. The molecular weight excluding hydrogens is 182 g/mol. The van der Waals surface area contributed by atoms with E-state index in [1.807, 2.05) is 20.0 Å².